The van der Waals surface area contributed by atoms with Crippen LogP contribution in [0.1, 0.15) is 35.3 Å². The number of fused-ring (bicyclic) bond motifs is 1. The maximum atomic E-state index is 13.0. The molecule has 2 aromatic rings. The van der Waals surface area contributed by atoms with E-state index >= 15 is 0 Å². The molecule has 0 aromatic heterocycles. The maximum Gasteiger partial charge on any atom is 0.193 e. The van der Waals surface area contributed by atoms with Gasteiger partial charge in [0.05, 0.1) is 7.11 Å². The van der Waals surface area contributed by atoms with Crippen LogP contribution in [0.25, 0.3) is 12.2 Å². The zero-order valence-electron chi connectivity index (χ0n) is 15.5. The van der Waals surface area contributed by atoms with Crippen molar-refractivity contribution in [1.29, 1.82) is 0 Å². The minimum absolute atomic E-state index is 0.157. The van der Waals surface area contributed by atoms with Gasteiger partial charge >= 0.3 is 0 Å². The number of anilines is 1. The second-order valence-corrected chi connectivity index (χ2v) is 6.64. The van der Waals surface area contributed by atoms with Gasteiger partial charge in [0.1, 0.15) is 22.7 Å². The van der Waals surface area contributed by atoms with E-state index in [1.54, 1.807) is 19.3 Å². The van der Waals surface area contributed by atoms with Crippen LogP contribution in [0.2, 0.25) is 0 Å². The normalized spacial score (nSPS) is 14.6. The Labute approximate surface area is 154 Å². The quantitative estimate of drug-likeness (QED) is 0.621. The summed E-state index contributed by atoms with van der Waals surface area (Å²) in [5, 5.41) is 3.14. The number of hydrogen-bond acceptors (Lipinski definition) is 4. The van der Waals surface area contributed by atoms with E-state index < -0.39 is 5.60 Å². The smallest absolute Gasteiger partial charge is 0.193 e. The Morgan fingerprint density at radius 1 is 1.23 bits per heavy atom. The van der Waals surface area contributed by atoms with Crippen LogP contribution < -0.4 is 14.8 Å². The molecule has 0 unspecified atom stereocenters. The minimum atomic E-state index is -0.497. The van der Waals surface area contributed by atoms with E-state index in [-0.39, 0.29) is 5.78 Å². The molecule has 134 valence electrons. The first-order valence-electron chi connectivity index (χ1n) is 8.53. The van der Waals surface area contributed by atoms with Crippen molar-refractivity contribution in [3.05, 3.63) is 65.2 Å². The number of carbonyl (C=O) groups is 1. The molecule has 4 heteroatoms. The molecule has 0 atom stereocenters. The Bertz CT molecular complexity index is 880. The highest BCUT2D eigenvalue weighted by Crippen LogP contribution is 2.43. The van der Waals surface area contributed by atoms with Gasteiger partial charge in [-0.1, -0.05) is 36.4 Å². The number of allylic oxidation sites excluding steroid dienone is 1. The first kappa shape index (κ1) is 17.8. The van der Waals surface area contributed by atoms with E-state index in [2.05, 4.69) is 5.32 Å². The maximum absolute atomic E-state index is 13.0. The lowest BCUT2D eigenvalue weighted by Gasteiger charge is -2.30. The first-order valence-corrected chi connectivity index (χ1v) is 8.53. The lowest BCUT2D eigenvalue weighted by molar-refractivity contribution is 0.103. The Morgan fingerprint density at radius 3 is 2.62 bits per heavy atom. The summed E-state index contributed by atoms with van der Waals surface area (Å²) in [6, 6.07) is 11.5. The van der Waals surface area contributed by atoms with Gasteiger partial charge in [-0.3, -0.25) is 4.79 Å². The lowest BCUT2D eigenvalue weighted by Crippen LogP contribution is -2.29. The zero-order valence-corrected chi connectivity index (χ0v) is 15.5. The number of nitrogens with one attached hydrogen (secondary N) is 1. The number of ether oxygens (including phenoxy) is 2. The van der Waals surface area contributed by atoms with E-state index in [4.69, 9.17) is 9.47 Å². The first-order chi connectivity index (χ1) is 12.4. The van der Waals surface area contributed by atoms with Crippen molar-refractivity contribution < 1.29 is 14.3 Å². The van der Waals surface area contributed by atoms with Crippen molar-refractivity contribution in [2.75, 3.05) is 19.5 Å². The number of rotatable bonds is 5. The molecule has 0 amide bonds. The van der Waals surface area contributed by atoms with Crippen LogP contribution in [0.15, 0.2) is 48.6 Å². The van der Waals surface area contributed by atoms with E-state index in [1.807, 2.05) is 69.4 Å². The van der Waals surface area contributed by atoms with Crippen molar-refractivity contribution in [3.63, 3.8) is 0 Å². The third-order valence-corrected chi connectivity index (χ3v) is 4.26. The van der Waals surface area contributed by atoms with Gasteiger partial charge in [-0.2, -0.15) is 0 Å². The van der Waals surface area contributed by atoms with Gasteiger partial charge in [0.2, 0.25) is 0 Å². The standard InChI is InChI=1S/C22H23NO3/c1-22(2)13-12-16-17(23-3)14-19(25-4)20(21(16)26-22)18(24)11-10-15-8-6-5-7-9-15/h5-14,23H,1-4H3/b11-10+. The molecule has 0 radical (unpaired) electrons. The summed E-state index contributed by atoms with van der Waals surface area (Å²) < 4.78 is 11.6. The number of hydrogen-bond donors (Lipinski definition) is 1. The van der Waals surface area contributed by atoms with Gasteiger partial charge in [-0.15, -0.1) is 0 Å². The second-order valence-electron chi connectivity index (χ2n) is 6.64. The SMILES string of the molecule is CNc1cc(OC)c(C(=O)/C=C/c2ccccc2)c2c1C=CC(C)(C)O2. The largest absolute Gasteiger partial charge is 0.496 e. The van der Waals surface area contributed by atoms with Gasteiger partial charge < -0.3 is 14.8 Å². The molecule has 0 fully saturated rings. The van der Waals surface area contributed by atoms with E-state index in [9.17, 15) is 4.79 Å². The van der Waals surface area contributed by atoms with Crippen LogP contribution in [-0.4, -0.2) is 25.5 Å². The average Bonchev–Trinajstić information content (AvgIpc) is 2.64. The predicted molar refractivity (Wildman–Crippen MR) is 106 cm³/mol. The summed E-state index contributed by atoms with van der Waals surface area (Å²) >= 11 is 0. The van der Waals surface area contributed by atoms with Gasteiger partial charge in [0, 0.05) is 24.4 Å². The topological polar surface area (TPSA) is 47.6 Å². The molecule has 3 rings (SSSR count). The van der Waals surface area contributed by atoms with Crippen LogP contribution in [0.4, 0.5) is 5.69 Å². The van der Waals surface area contributed by atoms with Gasteiger partial charge in [0.15, 0.2) is 5.78 Å². The van der Waals surface area contributed by atoms with Crippen molar-refractivity contribution >= 4 is 23.6 Å². The summed E-state index contributed by atoms with van der Waals surface area (Å²) in [4.78, 5) is 13.0. The number of ketones is 1. The Morgan fingerprint density at radius 2 is 1.96 bits per heavy atom. The Balaban J connectivity index is 2.10. The third-order valence-electron chi connectivity index (χ3n) is 4.26. The molecule has 4 nitrogen and oxygen atoms in total. The summed E-state index contributed by atoms with van der Waals surface area (Å²) in [6.45, 7) is 3.91. The van der Waals surface area contributed by atoms with E-state index in [0.29, 0.717) is 17.1 Å². The van der Waals surface area contributed by atoms with Gasteiger partial charge in [-0.25, -0.2) is 0 Å². The highest BCUT2D eigenvalue weighted by molar-refractivity contribution is 6.12. The molecule has 0 bridgehead atoms. The van der Waals surface area contributed by atoms with Crippen molar-refractivity contribution in [2.45, 2.75) is 19.4 Å². The van der Waals surface area contributed by atoms with Crippen LogP contribution in [0.5, 0.6) is 11.5 Å². The summed E-state index contributed by atoms with van der Waals surface area (Å²) in [5.41, 5.74) is 2.60. The molecular formula is C22H23NO3. The molecular weight excluding hydrogens is 326 g/mol. The molecule has 0 saturated heterocycles. The Kier molecular flexibility index (Phi) is 4.85. The highest BCUT2D eigenvalue weighted by Gasteiger charge is 2.30. The average molecular weight is 349 g/mol. The molecule has 0 saturated carbocycles. The molecule has 2 aromatic carbocycles. The van der Waals surface area contributed by atoms with E-state index in [0.717, 1.165) is 16.8 Å². The van der Waals surface area contributed by atoms with Crippen molar-refractivity contribution in [2.24, 2.45) is 0 Å². The van der Waals surface area contributed by atoms with Crippen LogP contribution in [-0.2, 0) is 0 Å². The summed E-state index contributed by atoms with van der Waals surface area (Å²) in [7, 11) is 3.39. The Hall–Kier alpha value is -3.01. The molecule has 0 aliphatic carbocycles. The fourth-order valence-electron chi connectivity index (χ4n) is 2.92. The van der Waals surface area contributed by atoms with Crippen LogP contribution in [0, 0.1) is 0 Å². The minimum Gasteiger partial charge on any atom is -0.496 e. The van der Waals surface area contributed by atoms with Crippen molar-refractivity contribution in [1.82, 2.24) is 0 Å². The lowest BCUT2D eigenvalue weighted by atomic mass is 9.95. The monoisotopic (exact) mass is 349 g/mol. The molecule has 1 heterocycles. The van der Waals surface area contributed by atoms with Gasteiger partial charge in [0.25, 0.3) is 0 Å². The summed E-state index contributed by atoms with van der Waals surface area (Å²) in [6.07, 6.45) is 7.32. The molecule has 1 aliphatic heterocycles. The zero-order chi connectivity index (χ0) is 18.7. The molecule has 0 spiro atoms. The fourth-order valence-corrected chi connectivity index (χ4v) is 2.92. The van der Waals surface area contributed by atoms with Crippen LogP contribution >= 0.6 is 0 Å². The molecule has 26 heavy (non-hydrogen) atoms. The molecule has 1 aliphatic rings. The number of carbonyl (C=O) groups excluding carboxylic acids is 1. The van der Waals surface area contributed by atoms with Gasteiger partial charge in [-0.05, 0) is 37.6 Å². The second kappa shape index (κ2) is 7.08. The van der Waals surface area contributed by atoms with Crippen molar-refractivity contribution in [3.8, 4) is 11.5 Å². The molecule has 1 N–H and O–H groups in total. The summed E-state index contributed by atoms with van der Waals surface area (Å²) in [5.74, 6) is 0.876. The predicted octanol–water partition coefficient (Wildman–Crippen LogP) is 4.82. The number of benzene rings is 2. The highest BCUT2D eigenvalue weighted by atomic mass is 16.5. The van der Waals surface area contributed by atoms with E-state index in [1.165, 1.54) is 0 Å². The van der Waals surface area contributed by atoms with Crippen LogP contribution in [0.3, 0.4) is 0 Å². The fraction of sp³-hybridized carbons (Fsp3) is 0.227. The third kappa shape index (κ3) is 3.49. The number of methoxy groups -OCH3 is 1.